The maximum absolute atomic E-state index is 12.5. The summed E-state index contributed by atoms with van der Waals surface area (Å²) in [6.45, 7) is 3.76. The highest BCUT2D eigenvalue weighted by atomic mass is 16.1. The van der Waals surface area contributed by atoms with E-state index in [1.807, 2.05) is 19.9 Å². The monoisotopic (exact) mass is 232 g/mol. The Hall–Kier alpha value is -1.25. The molecule has 1 aliphatic carbocycles. The molecule has 3 nitrogen and oxygen atoms in total. The standard InChI is InChI=1S/C14H20N2O/c1-10-9-13(11(2)16-15-10)14(17)12-7-5-3-4-6-8-12/h9,12H,3-8H2,1-2H3. The Balaban J connectivity index is 2.20. The van der Waals surface area contributed by atoms with Crippen LogP contribution in [0.3, 0.4) is 0 Å². The smallest absolute Gasteiger partial charge is 0.167 e. The van der Waals surface area contributed by atoms with Crippen molar-refractivity contribution in [2.24, 2.45) is 5.92 Å². The van der Waals surface area contributed by atoms with Crippen LogP contribution < -0.4 is 0 Å². The SMILES string of the molecule is Cc1cc(C(=O)C2CCCCCC2)c(C)nn1. The van der Waals surface area contributed by atoms with Crippen molar-refractivity contribution in [1.82, 2.24) is 10.2 Å². The number of carbonyl (C=O) groups excluding carboxylic acids is 1. The van der Waals surface area contributed by atoms with E-state index in [4.69, 9.17) is 0 Å². The Kier molecular flexibility index (Phi) is 3.87. The minimum atomic E-state index is 0.208. The zero-order valence-electron chi connectivity index (χ0n) is 10.7. The first-order valence-corrected chi connectivity index (χ1v) is 6.53. The molecule has 0 spiro atoms. The molecule has 0 saturated heterocycles. The lowest BCUT2D eigenvalue weighted by atomic mass is 9.90. The van der Waals surface area contributed by atoms with Crippen LogP contribution in [0.5, 0.6) is 0 Å². The molecular weight excluding hydrogens is 212 g/mol. The molecule has 1 heterocycles. The van der Waals surface area contributed by atoms with Crippen LogP contribution in [-0.2, 0) is 0 Å². The first-order valence-electron chi connectivity index (χ1n) is 6.53. The van der Waals surface area contributed by atoms with Crippen molar-refractivity contribution < 1.29 is 4.79 Å². The van der Waals surface area contributed by atoms with Crippen LogP contribution in [-0.4, -0.2) is 16.0 Å². The highest BCUT2D eigenvalue weighted by molar-refractivity contribution is 5.98. The summed E-state index contributed by atoms with van der Waals surface area (Å²) in [4.78, 5) is 12.5. The van der Waals surface area contributed by atoms with Crippen LogP contribution in [0.15, 0.2) is 6.07 Å². The van der Waals surface area contributed by atoms with Crippen LogP contribution in [0.2, 0.25) is 0 Å². The van der Waals surface area contributed by atoms with E-state index in [1.165, 1.54) is 25.7 Å². The topological polar surface area (TPSA) is 42.9 Å². The van der Waals surface area contributed by atoms with Gasteiger partial charge in [-0.15, -0.1) is 0 Å². The third kappa shape index (κ3) is 2.90. The van der Waals surface area contributed by atoms with Crippen molar-refractivity contribution in [3.63, 3.8) is 0 Å². The Labute approximate surface area is 103 Å². The van der Waals surface area contributed by atoms with E-state index in [0.717, 1.165) is 29.8 Å². The molecule has 0 aromatic carbocycles. The van der Waals surface area contributed by atoms with Gasteiger partial charge in [-0.25, -0.2) is 0 Å². The van der Waals surface area contributed by atoms with Crippen LogP contribution in [0.1, 0.15) is 60.3 Å². The number of rotatable bonds is 2. The summed E-state index contributed by atoms with van der Waals surface area (Å²) in [6, 6.07) is 1.88. The van der Waals surface area contributed by atoms with Gasteiger partial charge < -0.3 is 0 Å². The Morgan fingerprint density at radius 2 is 1.76 bits per heavy atom. The van der Waals surface area contributed by atoms with Gasteiger partial charge in [-0.3, -0.25) is 4.79 Å². The normalized spacial score (nSPS) is 17.8. The second-order valence-corrected chi connectivity index (χ2v) is 5.04. The average molecular weight is 232 g/mol. The molecule has 0 atom stereocenters. The zero-order valence-corrected chi connectivity index (χ0v) is 10.7. The summed E-state index contributed by atoms with van der Waals surface area (Å²) in [5.41, 5.74) is 2.38. The Morgan fingerprint density at radius 1 is 1.12 bits per heavy atom. The van der Waals surface area contributed by atoms with Crippen molar-refractivity contribution in [3.05, 3.63) is 23.0 Å². The number of Topliss-reactive ketones (excluding diaryl/α,β-unsaturated/α-hetero) is 1. The van der Waals surface area contributed by atoms with Gasteiger partial charge in [0.05, 0.1) is 11.4 Å². The number of aromatic nitrogens is 2. The lowest BCUT2D eigenvalue weighted by molar-refractivity contribution is 0.0906. The third-order valence-electron chi connectivity index (χ3n) is 3.59. The lowest BCUT2D eigenvalue weighted by Gasteiger charge is -2.13. The van der Waals surface area contributed by atoms with Crippen molar-refractivity contribution in [1.29, 1.82) is 0 Å². The molecule has 2 rings (SSSR count). The summed E-state index contributed by atoms with van der Waals surface area (Å²) in [7, 11) is 0. The number of ketones is 1. The second-order valence-electron chi connectivity index (χ2n) is 5.04. The second kappa shape index (κ2) is 5.39. The largest absolute Gasteiger partial charge is 0.294 e. The van der Waals surface area contributed by atoms with Gasteiger partial charge in [-0.1, -0.05) is 25.7 Å². The van der Waals surface area contributed by atoms with Gasteiger partial charge in [0, 0.05) is 11.5 Å². The molecule has 0 radical (unpaired) electrons. The lowest BCUT2D eigenvalue weighted by Crippen LogP contribution is -2.16. The highest BCUT2D eigenvalue weighted by Gasteiger charge is 2.23. The van der Waals surface area contributed by atoms with E-state index in [9.17, 15) is 4.79 Å². The number of aryl methyl sites for hydroxylation is 2. The maximum Gasteiger partial charge on any atom is 0.167 e. The Bertz CT molecular complexity index is 407. The molecule has 1 aromatic heterocycles. The third-order valence-corrected chi connectivity index (χ3v) is 3.59. The number of hydrogen-bond acceptors (Lipinski definition) is 3. The van der Waals surface area contributed by atoms with Gasteiger partial charge in [0.2, 0.25) is 0 Å². The summed E-state index contributed by atoms with van der Waals surface area (Å²) in [5, 5.41) is 8.03. The molecular formula is C14H20N2O. The fourth-order valence-corrected chi connectivity index (χ4v) is 2.56. The molecule has 1 aromatic rings. The summed E-state index contributed by atoms with van der Waals surface area (Å²) in [6.07, 6.45) is 7.01. The van der Waals surface area contributed by atoms with Gasteiger partial charge >= 0.3 is 0 Å². The molecule has 0 aliphatic heterocycles. The molecule has 0 amide bonds. The number of hydrogen-bond donors (Lipinski definition) is 0. The number of carbonyl (C=O) groups is 1. The van der Waals surface area contributed by atoms with Crippen molar-refractivity contribution >= 4 is 5.78 Å². The quantitative estimate of drug-likeness (QED) is 0.580. The summed E-state index contributed by atoms with van der Waals surface area (Å²) in [5.74, 6) is 0.488. The van der Waals surface area contributed by atoms with E-state index in [0.29, 0.717) is 0 Å². The van der Waals surface area contributed by atoms with Gasteiger partial charge in [0.15, 0.2) is 5.78 Å². The molecule has 0 unspecified atom stereocenters. The van der Waals surface area contributed by atoms with Gasteiger partial charge in [0.25, 0.3) is 0 Å². The molecule has 1 saturated carbocycles. The van der Waals surface area contributed by atoms with Gasteiger partial charge in [-0.2, -0.15) is 10.2 Å². The Morgan fingerprint density at radius 3 is 2.41 bits per heavy atom. The summed E-state index contributed by atoms with van der Waals surface area (Å²) < 4.78 is 0. The molecule has 92 valence electrons. The van der Waals surface area contributed by atoms with Crippen LogP contribution in [0.25, 0.3) is 0 Å². The number of nitrogens with zero attached hydrogens (tertiary/aromatic N) is 2. The van der Waals surface area contributed by atoms with E-state index < -0.39 is 0 Å². The first-order chi connectivity index (χ1) is 8.18. The van der Waals surface area contributed by atoms with Crippen molar-refractivity contribution in [2.75, 3.05) is 0 Å². The fraction of sp³-hybridized carbons (Fsp3) is 0.643. The van der Waals surface area contributed by atoms with Crippen molar-refractivity contribution in [3.8, 4) is 0 Å². The van der Waals surface area contributed by atoms with Gasteiger partial charge in [-0.05, 0) is 32.8 Å². The molecule has 17 heavy (non-hydrogen) atoms. The first kappa shape index (κ1) is 12.2. The summed E-state index contributed by atoms with van der Waals surface area (Å²) >= 11 is 0. The molecule has 3 heteroatoms. The van der Waals surface area contributed by atoms with Gasteiger partial charge in [0.1, 0.15) is 0 Å². The van der Waals surface area contributed by atoms with E-state index in [-0.39, 0.29) is 11.7 Å². The molecule has 1 aliphatic rings. The van der Waals surface area contributed by atoms with E-state index >= 15 is 0 Å². The zero-order chi connectivity index (χ0) is 12.3. The average Bonchev–Trinajstić information content (AvgIpc) is 2.60. The molecule has 1 fully saturated rings. The highest BCUT2D eigenvalue weighted by Crippen LogP contribution is 2.26. The van der Waals surface area contributed by atoms with Crippen LogP contribution in [0.4, 0.5) is 0 Å². The predicted octanol–water partition coefficient (Wildman–Crippen LogP) is 3.25. The maximum atomic E-state index is 12.5. The minimum Gasteiger partial charge on any atom is -0.294 e. The van der Waals surface area contributed by atoms with E-state index in [2.05, 4.69) is 10.2 Å². The van der Waals surface area contributed by atoms with Crippen molar-refractivity contribution in [2.45, 2.75) is 52.4 Å². The predicted molar refractivity (Wildman–Crippen MR) is 67.0 cm³/mol. The van der Waals surface area contributed by atoms with Crippen LogP contribution >= 0.6 is 0 Å². The fourth-order valence-electron chi connectivity index (χ4n) is 2.56. The van der Waals surface area contributed by atoms with Crippen LogP contribution in [0, 0.1) is 19.8 Å². The molecule has 0 N–H and O–H groups in total. The molecule has 0 bridgehead atoms. The van der Waals surface area contributed by atoms with E-state index in [1.54, 1.807) is 0 Å². The minimum absolute atomic E-state index is 0.208.